The van der Waals surface area contributed by atoms with Gasteiger partial charge in [0.25, 0.3) is 9.84 Å². The molecule has 0 amide bonds. The molecule has 17 heavy (non-hydrogen) atoms. The number of aliphatic hydroxyl groups is 1. The average molecular weight is 289 g/mol. The predicted octanol–water partition coefficient (Wildman–Crippen LogP) is 2.17. The molecular formula is C9H8ClF3O3S. The molecule has 8 heteroatoms. The molecule has 96 valence electrons. The molecule has 0 radical (unpaired) electrons. The number of benzene rings is 1. The molecule has 0 saturated heterocycles. The number of aliphatic hydroxyl groups excluding tert-OH is 1. The molecule has 1 aromatic rings. The maximum Gasteiger partial charge on any atom is 0.501 e. The molecule has 0 atom stereocenters. The number of sulfone groups is 1. The summed E-state index contributed by atoms with van der Waals surface area (Å²) in [5.41, 5.74) is -4.92. The lowest BCUT2D eigenvalue weighted by Gasteiger charge is -2.10. The molecule has 0 spiro atoms. The highest BCUT2D eigenvalue weighted by atomic mass is 35.5. The van der Waals surface area contributed by atoms with E-state index in [1.165, 1.54) is 6.07 Å². The van der Waals surface area contributed by atoms with Crippen LogP contribution in [0.3, 0.4) is 0 Å². The molecule has 0 saturated carbocycles. The van der Waals surface area contributed by atoms with E-state index in [-0.39, 0.29) is 13.0 Å². The van der Waals surface area contributed by atoms with Crippen molar-refractivity contribution in [3.05, 3.63) is 28.8 Å². The largest absolute Gasteiger partial charge is 0.501 e. The zero-order valence-electron chi connectivity index (χ0n) is 8.33. The smallest absolute Gasteiger partial charge is 0.396 e. The maximum atomic E-state index is 12.3. The van der Waals surface area contributed by atoms with E-state index < -0.39 is 25.3 Å². The minimum Gasteiger partial charge on any atom is -0.396 e. The Morgan fingerprint density at radius 2 is 1.88 bits per heavy atom. The summed E-state index contributed by atoms with van der Waals surface area (Å²) in [6.07, 6.45) is 0.187. The van der Waals surface area contributed by atoms with Gasteiger partial charge in [-0.1, -0.05) is 17.7 Å². The molecule has 0 aliphatic heterocycles. The van der Waals surface area contributed by atoms with Crippen molar-refractivity contribution in [2.75, 3.05) is 6.61 Å². The fourth-order valence-corrected chi connectivity index (χ4v) is 2.49. The Hall–Kier alpha value is -0.790. The van der Waals surface area contributed by atoms with Gasteiger partial charge in [-0.3, -0.25) is 0 Å². The quantitative estimate of drug-likeness (QED) is 0.927. The number of halogens is 4. The highest BCUT2D eigenvalue weighted by molar-refractivity contribution is 7.92. The maximum absolute atomic E-state index is 12.3. The van der Waals surface area contributed by atoms with Gasteiger partial charge in [0, 0.05) is 6.61 Å². The minimum absolute atomic E-state index is 0.187. The summed E-state index contributed by atoms with van der Waals surface area (Å²) < 4.78 is 59.0. The van der Waals surface area contributed by atoms with E-state index >= 15 is 0 Å². The third-order valence-electron chi connectivity index (χ3n) is 1.99. The molecule has 0 aromatic heterocycles. The van der Waals surface area contributed by atoms with Crippen molar-refractivity contribution < 1.29 is 26.7 Å². The number of hydrogen-bond donors (Lipinski definition) is 1. The summed E-state index contributed by atoms with van der Waals surface area (Å²) in [6.45, 7) is -0.207. The molecule has 0 aliphatic rings. The van der Waals surface area contributed by atoms with Crippen molar-refractivity contribution in [3.8, 4) is 0 Å². The molecule has 3 nitrogen and oxygen atoms in total. The summed E-state index contributed by atoms with van der Waals surface area (Å²) in [5, 5.41) is 8.12. The molecule has 1 rings (SSSR count). The Morgan fingerprint density at radius 3 is 2.29 bits per heavy atom. The van der Waals surface area contributed by atoms with Crippen LogP contribution < -0.4 is 0 Å². The van der Waals surface area contributed by atoms with Gasteiger partial charge in [-0.2, -0.15) is 13.2 Å². The fraction of sp³-hybridized carbons (Fsp3) is 0.333. The van der Waals surface area contributed by atoms with Gasteiger partial charge < -0.3 is 5.11 Å². The van der Waals surface area contributed by atoms with E-state index in [2.05, 4.69) is 0 Å². The Balaban J connectivity index is 3.26. The topological polar surface area (TPSA) is 54.4 Å². The minimum atomic E-state index is -5.43. The molecule has 0 aliphatic carbocycles. The lowest BCUT2D eigenvalue weighted by molar-refractivity contribution is -0.0436. The number of rotatable bonds is 3. The second kappa shape index (κ2) is 4.83. The summed E-state index contributed by atoms with van der Waals surface area (Å²) in [5.74, 6) is 0. The van der Waals surface area contributed by atoms with Gasteiger partial charge in [0.1, 0.15) is 0 Å². The van der Waals surface area contributed by atoms with Crippen molar-refractivity contribution in [3.63, 3.8) is 0 Å². The molecule has 0 fully saturated rings. The van der Waals surface area contributed by atoms with Crippen LogP contribution in [0.15, 0.2) is 23.1 Å². The SMILES string of the molecule is O=S(=O)(c1ccc(CCO)cc1Cl)C(F)(F)F. The Morgan fingerprint density at radius 1 is 1.29 bits per heavy atom. The molecule has 0 heterocycles. The van der Waals surface area contributed by atoms with Crippen LogP contribution in [-0.4, -0.2) is 25.6 Å². The first kappa shape index (κ1) is 14.3. The summed E-state index contributed by atoms with van der Waals surface area (Å²) in [7, 11) is -5.43. The summed E-state index contributed by atoms with van der Waals surface area (Å²) in [6, 6.07) is 3.06. The van der Waals surface area contributed by atoms with E-state index in [9.17, 15) is 21.6 Å². The van der Waals surface area contributed by atoms with Crippen LogP contribution >= 0.6 is 11.6 Å². The van der Waals surface area contributed by atoms with Crippen LogP contribution in [-0.2, 0) is 16.3 Å². The zero-order valence-corrected chi connectivity index (χ0v) is 9.90. The Labute approximate surface area is 101 Å². The lowest BCUT2D eigenvalue weighted by Crippen LogP contribution is -2.23. The van der Waals surface area contributed by atoms with Crippen molar-refractivity contribution in [1.82, 2.24) is 0 Å². The van der Waals surface area contributed by atoms with Gasteiger partial charge in [0.15, 0.2) is 0 Å². The zero-order chi connectivity index (χ0) is 13.3. The fourth-order valence-electron chi connectivity index (χ4n) is 1.17. The van der Waals surface area contributed by atoms with Crippen molar-refractivity contribution >= 4 is 21.4 Å². The third kappa shape index (κ3) is 2.91. The van der Waals surface area contributed by atoms with Gasteiger partial charge >= 0.3 is 5.51 Å². The number of alkyl halides is 3. The molecule has 1 aromatic carbocycles. The Bertz CT molecular complexity index is 511. The van der Waals surface area contributed by atoms with Crippen molar-refractivity contribution in [2.24, 2.45) is 0 Å². The highest BCUT2D eigenvalue weighted by Crippen LogP contribution is 2.34. The van der Waals surface area contributed by atoms with E-state index in [0.29, 0.717) is 5.56 Å². The standard InChI is InChI=1S/C9H8ClF3O3S/c10-7-5-6(3-4-14)1-2-8(7)17(15,16)9(11,12)13/h1-2,5,14H,3-4H2. The van der Waals surface area contributed by atoms with E-state index in [1.54, 1.807) is 0 Å². The van der Waals surface area contributed by atoms with Gasteiger partial charge in [-0.15, -0.1) is 0 Å². The highest BCUT2D eigenvalue weighted by Gasteiger charge is 2.47. The first-order valence-corrected chi connectivity index (χ1v) is 6.27. The van der Waals surface area contributed by atoms with Crippen LogP contribution in [0, 0.1) is 0 Å². The average Bonchev–Trinajstić information content (AvgIpc) is 2.16. The second-order valence-corrected chi connectivity index (χ2v) is 5.50. The first-order chi connectivity index (χ1) is 7.70. The van der Waals surface area contributed by atoms with Crippen molar-refractivity contribution in [2.45, 2.75) is 16.8 Å². The van der Waals surface area contributed by atoms with E-state index in [1.807, 2.05) is 0 Å². The van der Waals surface area contributed by atoms with Crippen molar-refractivity contribution in [1.29, 1.82) is 0 Å². The van der Waals surface area contributed by atoms with E-state index in [0.717, 1.165) is 12.1 Å². The predicted molar refractivity (Wildman–Crippen MR) is 55.5 cm³/mol. The molecule has 1 N–H and O–H groups in total. The molecule has 0 bridgehead atoms. The van der Waals surface area contributed by atoms with Crippen LogP contribution in [0.4, 0.5) is 13.2 Å². The summed E-state index contributed by atoms with van der Waals surface area (Å²) in [4.78, 5) is -0.978. The monoisotopic (exact) mass is 288 g/mol. The number of hydrogen-bond acceptors (Lipinski definition) is 3. The second-order valence-electron chi connectivity index (χ2n) is 3.19. The molecular weight excluding hydrogens is 281 g/mol. The third-order valence-corrected chi connectivity index (χ3v) is 3.96. The van der Waals surface area contributed by atoms with Gasteiger partial charge in [0.05, 0.1) is 9.92 Å². The Kier molecular flexibility index (Phi) is 4.06. The van der Waals surface area contributed by atoms with Crippen LogP contribution in [0.25, 0.3) is 0 Å². The van der Waals surface area contributed by atoms with E-state index in [4.69, 9.17) is 16.7 Å². The first-order valence-electron chi connectivity index (χ1n) is 4.41. The van der Waals surface area contributed by atoms with Gasteiger partial charge in [-0.25, -0.2) is 8.42 Å². The van der Waals surface area contributed by atoms with Gasteiger partial charge in [0.2, 0.25) is 0 Å². The molecule has 0 unspecified atom stereocenters. The lowest BCUT2D eigenvalue weighted by atomic mass is 10.2. The van der Waals surface area contributed by atoms with Gasteiger partial charge in [-0.05, 0) is 24.1 Å². The van der Waals surface area contributed by atoms with Crippen LogP contribution in [0.2, 0.25) is 5.02 Å². The van der Waals surface area contributed by atoms with Crippen LogP contribution in [0.1, 0.15) is 5.56 Å². The van der Waals surface area contributed by atoms with Crippen LogP contribution in [0.5, 0.6) is 0 Å². The summed E-state index contributed by atoms with van der Waals surface area (Å²) >= 11 is 5.49. The normalized spacial score (nSPS) is 12.8.